The maximum absolute atomic E-state index is 12.7. The fourth-order valence-electron chi connectivity index (χ4n) is 3.87. The van der Waals surface area contributed by atoms with Crippen molar-refractivity contribution < 1.29 is 4.79 Å². The summed E-state index contributed by atoms with van der Waals surface area (Å²) in [4.78, 5) is 14.7. The average molecular weight is 313 g/mol. The lowest BCUT2D eigenvalue weighted by molar-refractivity contribution is 0.183. The van der Waals surface area contributed by atoms with E-state index >= 15 is 0 Å². The van der Waals surface area contributed by atoms with Gasteiger partial charge in [0.25, 0.3) is 0 Å². The molecule has 2 aromatic rings. The molecule has 6 nitrogen and oxygen atoms in total. The Labute approximate surface area is 135 Å². The van der Waals surface area contributed by atoms with Crippen molar-refractivity contribution in [3.63, 3.8) is 0 Å². The van der Waals surface area contributed by atoms with E-state index in [1.54, 1.807) is 0 Å². The van der Waals surface area contributed by atoms with Gasteiger partial charge < -0.3 is 10.2 Å². The number of nitrogens with one attached hydrogen (secondary N) is 1. The quantitative estimate of drug-likeness (QED) is 0.927. The number of carbonyl (C=O) groups is 1. The van der Waals surface area contributed by atoms with Crippen molar-refractivity contribution in [2.45, 2.75) is 57.0 Å². The van der Waals surface area contributed by atoms with Crippen LogP contribution in [0.1, 0.15) is 56.8 Å². The molecule has 1 N–H and O–H groups in total. The second-order valence-corrected chi connectivity index (χ2v) is 6.62. The van der Waals surface area contributed by atoms with Gasteiger partial charge in [-0.15, -0.1) is 10.2 Å². The molecule has 1 atom stereocenters. The first kappa shape index (κ1) is 14.5. The number of urea groups is 1. The van der Waals surface area contributed by atoms with Crippen LogP contribution in [0.4, 0.5) is 4.79 Å². The molecular formula is C17H23N5O. The van der Waals surface area contributed by atoms with Crippen molar-refractivity contribution >= 4 is 11.7 Å². The number of likely N-dealkylation sites (tertiary alicyclic amines) is 1. The van der Waals surface area contributed by atoms with Crippen LogP contribution in [0.15, 0.2) is 24.4 Å². The number of hydrogen-bond acceptors (Lipinski definition) is 3. The van der Waals surface area contributed by atoms with Gasteiger partial charge in [0, 0.05) is 18.8 Å². The van der Waals surface area contributed by atoms with Gasteiger partial charge in [0.2, 0.25) is 0 Å². The van der Waals surface area contributed by atoms with E-state index in [4.69, 9.17) is 0 Å². The molecule has 1 aliphatic carbocycles. The van der Waals surface area contributed by atoms with Gasteiger partial charge in [-0.25, -0.2) is 4.79 Å². The molecule has 6 heteroatoms. The van der Waals surface area contributed by atoms with Crippen LogP contribution in [-0.2, 0) is 0 Å². The smallest absolute Gasteiger partial charge is 0.318 e. The third-order valence-electron chi connectivity index (χ3n) is 5.08. The summed E-state index contributed by atoms with van der Waals surface area (Å²) >= 11 is 0. The first-order chi connectivity index (χ1) is 11.3. The summed E-state index contributed by atoms with van der Waals surface area (Å²) in [5.41, 5.74) is 0.835. The molecular weight excluding hydrogens is 290 g/mol. The Bertz CT molecular complexity index is 691. The summed E-state index contributed by atoms with van der Waals surface area (Å²) in [7, 11) is 0. The molecule has 1 saturated carbocycles. The lowest BCUT2D eigenvalue weighted by Crippen LogP contribution is -2.45. The highest BCUT2D eigenvalue weighted by molar-refractivity contribution is 5.75. The first-order valence-corrected chi connectivity index (χ1v) is 8.70. The summed E-state index contributed by atoms with van der Waals surface area (Å²) in [6, 6.07) is 6.30. The van der Waals surface area contributed by atoms with Crippen LogP contribution in [0.3, 0.4) is 0 Å². The van der Waals surface area contributed by atoms with E-state index in [1.807, 2.05) is 33.7 Å². The second kappa shape index (κ2) is 6.18. The highest BCUT2D eigenvalue weighted by Crippen LogP contribution is 2.31. The molecule has 23 heavy (non-hydrogen) atoms. The number of pyridine rings is 1. The number of rotatable bonds is 2. The highest BCUT2D eigenvalue weighted by atomic mass is 16.2. The van der Waals surface area contributed by atoms with Crippen LogP contribution >= 0.6 is 0 Å². The lowest BCUT2D eigenvalue weighted by atomic mass is 9.96. The SMILES string of the molecule is O=C(NC1CCCCC1)N1CCCC1c1nnc2ccccn12. The minimum atomic E-state index is 0.0241. The Hall–Kier alpha value is -2.11. The zero-order valence-corrected chi connectivity index (χ0v) is 13.3. The molecule has 4 rings (SSSR count). The predicted molar refractivity (Wildman–Crippen MR) is 87.1 cm³/mol. The molecule has 1 unspecified atom stereocenters. The van der Waals surface area contributed by atoms with E-state index in [-0.39, 0.29) is 12.1 Å². The lowest BCUT2D eigenvalue weighted by Gasteiger charge is -2.28. The number of hydrogen-bond donors (Lipinski definition) is 1. The maximum Gasteiger partial charge on any atom is 0.318 e. The van der Waals surface area contributed by atoms with Gasteiger partial charge in [0.15, 0.2) is 11.5 Å². The molecule has 2 aliphatic rings. The monoisotopic (exact) mass is 313 g/mol. The molecule has 3 heterocycles. The number of amides is 2. The van der Waals surface area contributed by atoms with E-state index < -0.39 is 0 Å². The second-order valence-electron chi connectivity index (χ2n) is 6.62. The van der Waals surface area contributed by atoms with E-state index in [2.05, 4.69) is 15.5 Å². The van der Waals surface area contributed by atoms with E-state index in [0.29, 0.717) is 6.04 Å². The molecule has 0 spiro atoms. The molecule has 0 radical (unpaired) electrons. The number of aromatic nitrogens is 3. The van der Waals surface area contributed by atoms with E-state index in [1.165, 1.54) is 19.3 Å². The van der Waals surface area contributed by atoms with Crippen LogP contribution in [-0.4, -0.2) is 38.1 Å². The minimum Gasteiger partial charge on any atom is -0.335 e. The molecule has 2 amide bonds. The van der Waals surface area contributed by atoms with Gasteiger partial charge in [-0.3, -0.25) is 4.40 Å². The van der Waals surface area contributed by atoms with Crippen LogP contribution in [0.5, 0.6) is 0 Å². The Morgan fingerprint density at radius 1 is 1.09 bits per heavy atom. The first-order valence-electron chi connectivity index (χ1n) is 8.70. The van der Waals surface area contributed by atoms with Crippen LogP contribution in [0, 0.1) is 0 Å². The van der Waals surface area contributed by atoms with E-state index in [9.17, 15) is 4.79 Å². The fourth-order valence-corrected chi connectivity index (χ4v) is 3.87. The molecule has 1 aliphatic heterocycles. The summed E-state index contributed by atoms with van der Waals surface area (Å²) in [6.07, 6.45) is 9.91. The fraction of sp³-hybridized carbons (Fsp3) is 0.588. The maximum atomic E-state index is 12.7. The van der Waals surface area contributed by atoms with Gasteiger partial charge in [-0.1, -0.05) is 25.3 Å². The summed E-state index contributed by atoms with van der Waals surface area (Å²) in [5, 5.41) is 11.8. The minimum absolute atomic E-state index is 0.0241. The zero-order chi connectivity index (χ0) is 15.6. The molecule has 122 valence electrons. The topological polar surface area (TPSA) is 62.5 Å². The molecule has 1 saturated heterocycles. The molecule has 2 fully saturated rings. The van der Waals surface area contributed by atoms with Gasteiger partial charge in [0.1, 0.15) is 0 Å². The van der Waals surface area contributed by atoms with Gasteiger partial charge in [-0.2, -0.15) is 0 Å². The highest BCUT2D eigenvalue weighted by Gasteiger charge is 2.34. The Balaban J connectivity index is 1.53. The Morgan fingerprint density at radius 3 is 2.83 bits per heavy atom. The van der Waals surface area contributed by atoms with Crippen molar-refractivity contribution in [1.82, 2.24) is 24.8 Å². The Kier molecular flexibility index (Phi) is 3.89. The number of fused-ring (bicyclic) bond motifs is 1. The average Bonchev–Trinajstić information content (AvgIpc) is 3.22. The van der Waals surface area contributed by atoms with Gasteiger partial charge >= 0.3 is 6.03 Å². The predicted octanol–water partition coefficient (Wildman–Crippen LogP) is 2.91. The van der Waals surface area contributed by atoms with Gasteiger partial charge in [0.05, 0.1) is 6.04 Å². The van der Waals surface area contributed by atoms with Crippen molar-refractivity contribution in [2.24, 2.45) is 0 Å². The zero-order valence-electron chi connectivity index (χ0n) is 13.3. The van der Waals surface area contributed by atoms with Crippen molar-refractivity contribution in [3.05, 3.63) is 30.2 Å². The van der Waals surface area contributed by atoms with Gasteiger partial charge in [-0.05, 0) is 37.8 Å². The number of nitrogens with zero attached hydrogens (tertiary/aromatic N) is 4. The van der Waals surface area contributed by atoms with Crippen molar-refractivity contribution in [2.75, 3.05) is 6.54 Å². The van der Waals surface area contributed by atoms with E-state index in [0.717, 1.165) is 43.7 Å². The third kappa shape index (κ3) is 2.78. The standard InChI is InChI=1S/C17H23N5O/c23-17(18-13-7-2-1-3-8-13)21-12-6-9-14(21)16-20-19-15-10-4-5-11-22(15)16/h4-5,10-11,13-14H,1-3,6-9,12H2,(H,18,23). The van der Waals surface area contributed by atoms with Crippen molar-refractivity contribution in [1.29, 1.82) is 0 Å². The normalized spacial score (nSPS) is 22.6. The van der Waals surface area contributed by atoms with Crippen molar-refractivity contribution in [3.8, 4) is 0 Å². The summed E-state index contributed by atoms with van der Waals surface area (Å²) < 4.78 is 2.00. The van der Waals surface area contributed by atoms with Crippen LogP contribution < -0.4 is 5.32 Å². The van der Waals surface area contributed by atoms with Crippen LogP contribution in [0.25, 0.3) is 5.65 Å². The summed E-state index contributed by atoms with van der Waals surface area (Å²) in [5.74, 6) is 0.872. The molecule has 0 bridgehead atoms. The van der Waals surface area contributed by atoms with Crippen LogP contribution in [0.2, 0.25) is 0 Å². The third-order valence-corrected chi connectivity index (χ3v) is 5.08. The summed E-state index contributed by atoms with van der Waals surface area (Å²) in [6.45, 7) is 0.797. The number of carbonyl (C=O) groups excluding carboxylic acids is 1. The molecule has 2 aromatic heterocycles. The Morgan fingerprint density at radius 2 is 1.96 bits per heavy atom. The largest absolute Gasteiger partial charge is 0.335 e. The molecule has 0 aromatic carbocycles.